The van der Waals surface area contributed by atoms with Crippen molar-refractivity contribution in [3.05, 3.63) is 64.2 Å². The summed E-state index contributed by atoms with van der Waals surface area (Å²) < 4.78 is 27.6. The molecule has 0 saturated carbocycles. The fourth-order valence-corrected chi connectivity index (χ4v) is 3.17. The van der Waals surface area contributed by atoms with E-state index < -0.39 is 29.6 Å². The van der Waals surface area contributed by atoms with E-state index in [0.717, 1.165) is 11.6 Å². The average molecular weight is 384 g/mol. The van der Waals surface area contributed by atoms with Crippen LogP contribution in [0.2, 0.25) is 0 Å². The third kappa shape index (κ3) is 3.93. The number of hydrogen-bond donors (Lipinski definition) is 2. The van der Waals surface area contributed by atoms with Gasteiger partial charge in [0.2, 0.25) is 5.91 Å². The second-order valence-corrected chi connectivity index (χ2v) is 6.67. The van der Waals surface area contributed by atoms with Gasteiger partial charge in [0.15, 0.2) is 0 Å². The number of urea groups is 1. The van der Waals surface area contributed by atoms with Crippen LogP contribution in [0.1, 0.15) is 35.2 Å². The summed E-state index contributed by atoms with van der Waals surface area (Å²) in [6.45, 7) is 3.28. The van der Waals surface area contributed by atoms with Crippen LogP contribution in [0.15, 0.2) is 30.3 Å². The maximum atomic E-state index is 14.1. The fourth-order valence-electron chi connectivity index (χ4n) is 3.17. The Morgan fingerprint density at radius 3 is 2.79 bits per heavy atom. The van der Waals surface area contributed by atoms with Crippen LogP contribution in [0.5, 0.6) is 0 Å². The zero-order valence-corrected chi connectivity index (χ0v) is 15.3. The number of benzene rings is 2. The van der Waals surface area contributed by atoms with Gasteiger partial charge in [-0.2, -0.15) is 5.26 Å². The van der Waals surface area contributed by atoms with E-state index in [4.69, 9.17) is 5.26 Å². The van der Waals surface area contributed by atoms with Crippen LogP contribution in [0.4, 0.5) is 19.3 Å². The van der Waals surface area contributed by atoms with E-state index in [1.807, 2.05) is 6.07 Å². The zero-order chi connectivity index (χ0) is 20.4. The van der Waals surface area contributed by atoms with Gasteiger partial charge in [0.05, 0.1) is 29.9 Å². The summed E-state index contributed by atoms with van der Waals surface area (Å²) >= 11 is 0. The van der Waals surface area contributed by atoms with Gasteiger partial charge in [0.25, 0.3) is 0 Å². The lowest BCUT2D eigenvalue weighted by atomic mass is 10.0. The van der Waals surface area contributed by atoms with E-state index in [-0.39, 0.29) is 24.2 Å². The molecule has 2 N–H and O–H groups in total. The first-order valence-corrected chi connectivity index (χ1v) is 8.62. The highest BCUT2D eigenvalue weighted by molar-refractivity contribution is 5.95. The van der Waals surface area contributed by atoms with Crippen molar-refractivity contribution in [1.82, 2.24) is 10.2 Å². The van der Waals surface area contributed by atoms with Crippen molar-refractivity contribution in [2.75, 3.05) is 11.9 Å². The zero-order valence-electron chi connectivity index (χ0n) is 15.3. The van der Waals surface area contributed by atoms with E-state index in [9.17, 15) is 18.4 Å². The van der Waals surface area contributed by atoms with E-state index >= 15 is 0 Å². The molecule has 144 valence electrons. The maximum Gasteiger partial charge on any atom is 0.322 e. The molecule has 0 saturated heterocycles. The lowest BCUT2D eigenvalue weighted by Gasteiger charge is -2.30. The highest BCUT2D eigenvalue weighted by atomic mass is 19.1. The van der Waals surface area contributed by atoms with Crippen molar-refractivity contribution >= 4 is 17.6 Å². The molecule has 28 heavy (non-hydrogen) atoms. The number of aryl methyl sites for hydroxylation is 1. The summed E-state index contributed by atoms with van der Waals surface area (Å²) in [6.07, 6.45) is 0. The second-order valence-electron chi connectivity index (χ2n) is 6.67. The number of nitriles is 1. The predicted molar refractivity (Wildman–Crippen MR) is 98.2 cm³/mol. The molecule has 0 unspecified atom stereocenters. The van der Waals surface area contributed by atoms with Gasteiger partial charge in [-0.05, 0) is 49.2 Å². The topological polar surface area (TPSA) is 85.2 Å². The Kier molecular flexibility index (Phi) is 5.27. The number of anilines is 1. The number of carbonyl (C=O) groups excluding carboxylic acids is 2. The molecule has 1 aliphatic rings. The van der Waals surface area contributed by atoms with Crippen LogP contribution in [-0.2, 0) is 11.3 Å². The number of fused-ring (bicyclic) bond motifs is 1. The van der Waals surface area contributed by atoms with Gasteiger partial charge >= 0.3 is 6.03 Å². The minimum absolute atomic E-state index is 0.167. The van der Waals surface area contributed by atoms with Gasteiger partial charge in [-0.1, -0.05) is 6.07 Å². The van der Waals surface area contributed by atoms with Crippen LogP contribution in [0.25, 0.3) is 0 Å². The Balaban J connectivity index is 1.68. The van der Waals surface area contributed by atoms with E-state index in [0.29, 0.717) is 11.3 Å². The molecule has 1 atom stereocenters. The summed E-state index contributed by atoms with van der Waals surface area (Å²) in [5.41, 5.74) is 2.24. The van der Waals surface area contributed by atoms with Crippen molar-refractivity contribution in [1.29, 1.82) is 5.26 Å². The normalized spacial score (nSPS) is 14.0. The number of carbonyl (C=O) groups is 2. The van der Waals surface area contributed by atoms with Crippen LogP contribution in [0, 0.1) is 29.9 Å². The highest BCUT2D eigenvalue weighted by Gasteiger charge is 2.26. The van der Waals surface area contributed by atoms with Crippen LogP contribution in [0.3, 0.4) is 0 Å². The van der Waals surface area contributed by atoms with Crippen LogP contribution < -0.4 is 10.6 Å². The Hall–Kier alpha value is -3.47. The number of nitrogens with zero attached hydrogens (tertiary/aromatic N) is 2. The molecule has 6 nitrogen and oxygen atoms in total. The molecule has 0 aliphatic carbocycles. The summed E-state index contributed by atoms with van der Waals surface area (Å²) in [6, 6.07) is 7.33. The summed E-state index contributed by atoms with van der Waals surface area (Å²) in [4.78, 5) is 25.9. The van der Waals surface area contributed by atoms with Crippen molar-refractivity contribution in [3.63, 3.8) is 0 Å². The average Bonchev–Trinajstić information content (AvgIpc) is 2.62. The molecule has 0 aromatic heterocycles. The van der Waals surface area contributed by atoms with Crippen molar-refractivity contribution in [2.24, 2.45) is 0 Å². The second kappa shape index (κ2) is 7.64. The highest BCUT2D eigenvalue weighted by Crippen LogP contribution is 2.27. The lowest BCUT2D eigenvalue weighted by molar-refractivity contribution is -0.122. The lowest BCUT2D eigenvalue weighted by Crippen LogP contribution is -2.45. The van der Waals surface area contributed by atoms with Crippen LogP contribution in [-0.4, -0.2) is 23.4 Å². The third-order valence-electron chi connectivity index (χ3n) is 4.62. The van der Waals surface area contributed by atoms with Gasteiger partial charge in [0.1, 0.15) is 18.2 Å². The fraction of sp³-hybridized carbons (Fsp3) is 0.250. The molecule has 2 aromatic rings. The van der Waals surface area contributed by atoms with Gasteiger partial charge < -0.3 is 15.5 Å². The van der Waals surface area contributed by atoms with E-state index in [2.05, 4.69) is 10.6 Å². The van der Waals surface area contributed by atoms with Gasteiger partial charge in [-0.25, -0.2) is 13.6 Å². The Labute approximate surface area is 160 Å². The molecular weight excluding hydrogens is 366 g/mol. The molecule has 0 spiro atoms. The molecule has 0 fully saturated rings. The van der Waals surface area contributed by atoms with Gasteiger partial charge in [-0.15, -0.1) is 0 Å². The largest absolute Gasteiger partial charge is 0.348 e. The van der Waals surface area contributed by atoms with Gasteiger partial charge in [0, 0.05) is 5.56 Å². The monoisotopic (exact) mass is 384 g/mol. The Bertz CT molecular complexity index is 1000. The van der Waals surface area contributed by atoms with Gasteiger partial charge in [-0.3, -0.25) is 4.79 Å². The molecule has 0 bridgehead atoms. The number of nitrogens with one attached hydrogen (secondary N) is 2. The quantitative estimate of drug-likeness (QED) is 0.848. The smallest absolute Gasteiger partial charge is 0.322 e. The molecule has 8 heteroatoms. The Morgan fingerprint density at radius 1 is 1.36 bits per heavy atom. The van der Waals surface area contributed by atoms with E-state index in [1.165, 1.54) is 29.2 Å². The molecule has 3 amide bonds. The summed E-state index contributed by atoms with van der Waals surface area (Å²) in [5.74, 6) is -1.50. The first-order valence-electron chi connectivity index (χ1n) is 8.62. The van der Waals surface area contributed by atoms with Crippen molar-refractivity contribution < 1.29 is 18.4 Å². The van der Waals surface area contributed by atoms with Crippen molar-refractivity contribution in [2.45, 2.75) is 26.4 Å². The summed E-state index contributed by atoms with van der Waals surface area (Å²) in [5, 5.41) is 14.0. The number of rotatable bonds is 4. The molecule has 1 heterocycles. The molecule has 3 rings (SSSR count). The minimum atomic E-state index is -0.642. The maximum absolute atomic E-state index is 14.1. The number of halogens is 2. The number of amides is 3. The summed E-state index contributed by atoms with van der Waals surface area (Å²) in [7, 11) is 0. The minimum Gasteiger partial charge on any atom is -0.348 e. The van der Waals surface area contributed by atoms with E-state index in [1.54, 1.807) is 13.8 Å². The predicted octanol–water partition coefficient (Wildman–Crippen LogP) is 3.37. The SMILES string of the molecule is Cc1cc(F)cc2c1CN(CC(=O)N[C@@H](C)c1ccc(C#N)cc1F)C(=O)N2. The Morgan fingerprint density at radius 2 is 2.11 bits per heavy atom. The molecule has 2 aromatic carbocycles. The van der Waals surface area contributed by atoms with Crippen LogP contribution >= 0.6 is 0 Å². The molecule has 1 aliphatic heterocycles. The first kappa shape index (κ1) is 19.3. The van der Waals surface area contributed by atoms with Crippen molar-refractivity contribution in [3.8, 4) is 6.07 Å². The standard InChI is InChI=1S/C20H18F2N4O2/c1-11-5-14(21)7-18-16(11)9-26(20(28)25-18)10-19(27)24-12(2)15-4-3-13(8-23)6-17(15)22/h3-7,12H,9-10H2,1-2H3,(H,24,27)(H,25,28)/t12-/m0/s1. The molecule has 0 radical (unpaired) electrons. The number of hydrogen-bond acceptors (Lipinski definition) is 3. The first-order chi connectivity index (χ1) is 13.3. The third-order valence-corrected chi connectivity index (χ3v) is 4.62. The molecular formula is C20H18F2N4O2.